The topological polar surface area (TPSA) is 127 Å². The molecule has 0 aliphatic carbocycles. The molecule has 0 saturated carbocycles. The highest BCUT2D eigenvalue weighted by Gasteiger charge is 2.35. The fourth-order valence-corrected chi connectivity index (χ4v) is 4.23. The summed E-state index contributed by atoms with van der Waals surface area (Å²) < 4.78 is 5.98. The van der Waals surface area contributed by atoms with Crippen molar-refractivity contribution < 1.29 is 9.53 Å². The Kier molecular flexibility index (Phi) is 6.68. The Hall–Kier alpha value is -4.18. The molecule has 5 N–H and O–H groups in total. The number of hydrogen-bond donors (Lipinski definition) is 4. The molecule has 2 aromatic carbocycles. The highest BCUT2D eigenvalue weighted by molar-refractivity contribution is 6.00. The van der Waals surface area contributed by atoms with Crippen LogP contribution in [0.25, 0.3) is 22.0 Å². The summed E-state index contributed by atoms with van der Waals surface area (Å²) in [6.07, 6.45) is 4.76. The number of nitrogens with zero attached hydrogens (tertiary/aromatic N) is 3. The second-order valence-corrected chi connectivity index (χ2v) is 8.49. The Balaban J connectivity index is 1.42. The Morgan fingerprint density at radius 2 is 2.03 bits per heavy atom. The minimum Gasteiger partial charge on any atom is -0.365 e. The van der Waals surface area contributed by atoms with Crippen molar-refractivity contribution in [1.82, 2.24) is 20.3 Å². The third-order valence-electron chi connectivity index (χ3n) is 6.12. The number of aromatic nitrogens is 3. The van der Waals surface area contributed by atoms with Crippen molar-refractivity contribution in [2.45, 2.75) is 5.60 Å². The number of rotatable bonds is 7. The Morgan fingerprint density at radius 1 is 1.14 bits per heavy atom. The first-order valence-corrected chi connectivity index (χ1v) is 11.7. The number of nitrogens with one attached hydrogen (secondary N) is 3. The van der Waals surface area contributed by atoms with E-state index in [2.05, 4.69) is 32.5 Å². The van der Waals surface area contributed by atoms with Crippen LogP contribution in [0.4, 0.5) is 17.3 Å². The molecular formula is C27H27N7O2. The average Bonchev–Trinajstić information content (AvgIpc) is 2.93. The van der Waals surface area contributed by atoms with Gasteiger partial charge in [0, 0.05) is 42.5 Å². The van der Waals surface area contributed by atoms with Crippen molar-refractivity contribution in [2.75, 3.05) is 36.9 Å². The average molecular weight is 482 g/mol. The van der Waals surface area contributed by atoms with Gasteiger partial charge in [-0.2, -0.15) is 0 Å². The Bertz CT molecular complexity index is 1400. The van der Waals surface area contributed by atoms with Gasteiger partial charge in [0.15, 0.2) is 0 Å². The zero-order valence-corrected chi connectivity index (χ0v) is 19.7. The Morgan fingerprint density at radius 3 is 2.78 bits per heavy atom. The lowest BCUT2D eigenvalue weighted by Gasteiger charge is -2.36. The quantitative estimate of drug-likeness (QED) is 0.296. The van der Waals surface area contributed by atoms with Crippen LogP contribution in [-0.4, -0.2) is 47.1 Å². The van der Waals surface area contributed by atoms with E-state index in [0.29, 0.717) is 31.3 Å². The number of hydrogen-bond acceptors (Lipinski definition) is 8. The van der Waals surface area contributed by atoms with Gasteiger partial charge in [0.05, 0.1) is 29.7 Å². The number of para-hydroxylation sites is 1. The highest BCUT2D eigenvalue weighted by atomic mass is 16.5. The standard InChI is InChI=1S/C27H27N7O2/c1-2-24(35)32-20-7-3-5-18(13-20)22-8-4-6-19-14-31-26(34-25(19)22)33-21-9-10-23(30-15-21)27(16-28)17-29-11-12-36-27/h2-10,13-15,29H,1,11-12,16-17,28H2,(H,32,35)(H,31,33,34)/t27-/m0/s1. The number of morpholine rings is 1. The van der Waals surface area contributed by atoms with E-state index in [9.17, 15) is 4.79 Å². The molecule has 0 bridgehead atoms. The van der Waals surface area contributed by atoms with E-state index in [1.807, 2.05) is 54.6 Å². The molecule has 5 rings (SSSR count). The molecule has 0 radical (unpaired) electrons. The first-order chi connectivity index (χ1) is 17.6. The summed E-state index contributed by atoms with van der Waals surface area (Å²) in [6.45, 7) is 5.86. The van der Waals surface area contributed by atoms with E-state index in [0.717, 1.165) is 40.0 Å². The number of nitrogens with two attached hydrogens (primary N) is 1. The van der Waals surface area contributed by atoms with Crippen LogP contribution in [0.15, 0.2) is 79.6 Å². The molecule has 0 spiro atoms. The summed E-state index contributed by atoms with van der Waals surface area (Å²) in [6, 6.07) is 17.4. The van der Waals surface area contributed by atoms with Crippen molar-refractivity contribution in [3.8, 4) is 11.1 Å². The largest absolute Gasteiger partial charge is 0.365 e. The second kappa shape index (κ2) is 10.2. The van der Waals surface area contributed by atoms with E-state index in [1.54, 1.807) is 12.4 Å². The summed E-state index contributed by atoms with van der Waals surface area (Å²) >= 11 is 0. The predicted octanol–water partition coefficient (Wildman–Crippen LogP) is 3.33. The molecule has 182 valence electrons. The monoisotopic (exact) mass is 481 g/mol. The van der Waals surface area contributed by atoms with Gasteiger partial charge in [-0.05, 0) is 35.9 Å². The van der Waals surface area contributed by atoms with Crippen molar-refractivity contribution in [2.24, 2.45) is 5.73 Å². The number of pyridine rings is 1. The van der Waals surface area contributed by atoms with Crippen LogP contribution in [-0.2, 0) is 15.1 Å². The van der Waals surface area contributed by atoms with Crippen LogP contribution >= 0.6 is 0 Å². The molecule has 1 aliphatic rings. The normalized spacial score (nSPS) is 17.5. The highest BCUT2D eigenvalue weighted by Crippen LogP contribution is 2.30. The minimum absolute atomic E-state index is 0.262. The molecule has 1 atom stereocenters. The second-order valence-electron chi connectivity index (χ2n) is 8.49. The van der Waals surface area contributed by atoms with Crippen LogP contribution in [0.3, 0.4) is 0 Å². The molecule has 9 nitrogen and oxygen atoms in total. The molecule has 36 heavy (non-hydrogen) atoms. The van der Waals surface area contributed by atoms with Gasteiger partial charge in [-0.25, -0.2) is 9.97 Å². The SMILES string of the molecule is C=CC(=O)Nc1cccc(-c2cccc3cnc(Nc4ccc([C@]5(CN)CNCCO5)nc4)nc23)c1. The lowest BCUT2D eigenvalue weighted by atomic mass is 9.97. The maximum absolute atomic E-state index is 11.7. The fourth-order valence-electron chi connectivity index (χ4n) is 4.23. The van der Waals surface area contributed by atoms with Gasteiger partial charge in [0.25, 0.3) is 0 Å². The van der Waals surface area contributed by atoms with Gasteiger partial charge in [-0.1, -0.05) is 36.9 Å². The van der Waals surface area contributed by atoms with Crippen LogP contribution in [0, 0.1) is 0 Å². The van der Waals surface area contributed by atoms with Gasteiger partial charge in [0.1, 0.15) is 5.60 Å². The molecule has 9 heteroatoms. The first-order valence-electron chi connectivity index (χ1n) is 11.7. The zero-order chi connectivity index (χ0) is 25.0. The van der Waals surface area contributed by atoms with E-state index < -0.39 is 5.60 Å². The fraction of sp³-hybridized carbons (Fsp3) is 0.185. The summed E-state index contributed by atoms with van der Waals surface area (Å²) in [5.74, 6) is 0.187. The number of ether oxygens (including phenoxy) is 1. The lowest BCUT2D eigenvalue weighted by molar-refractivity contribution is -0.111. The molecule has 0 unspecified atom stereocenters. The third-order valence-corrected chi connectivity index (χ3v) is 6.12. The van der Waals surface area contributed by atoms with Gasteiger partial charge < -0.3 is 26.4 Å². The smallest absolute Gasteiger partial charge is 0.247 e. The van der Waals surface area contributed by atoms with E-state index in [-0.39, 0.29) is 5.91 Å². The van der Waals surface area contributed by atoms with Crippen molar-refractivity contribution in [3.05, 3.63) is 85.3 Å². The summed E-state index contributed by atoms with van der Waals surface area (Å²) in [5.41, 5.74) is 10.3. The Labute approximate surface area is 208 Å². The van der Waals surface area contributed by atoms with Crippen molar-refractivity contribution in [3.63, 3.8) is 0 Å². The number of amides is 1. The number of anilines is 3. The molecule has 1 amide bonds. The summed E-state index contributed by atoms with van der Waals surface area (Å²) in [5, 5.41) is 10.3. The van der Waals surface area contributed by atoms with Gasteiger partial charge >= 0.3 is 0 Å². The number of carbonyl (C=O) groups is 1. The van der Waals surface area contributed by atoms with Crippen molar-refractivity contribution >= 4 is 34.1 Å². The summed E-state index contributed by atoms with van der Waals surface area (Å²) in [4.78, 5) is 25.6. The van der Waals surface area contributed by atoms with E-state index in [1.165, 1.54) is 6.08 Å². The molecular weight excluding hydrogens is 454 g/mol. The molecule has 1 fully saturated rings. The maximum Gasteiger partial charge on any atom is 0.247 e. The van der Waals surface area contributed by atoms with Gasteiger partial charge in [0.2, 0.25) is 11.9 Å². The molecule has 4 aromatic rings. The van der Waals surface area contributed by atoms with Crippen LogP contribution in [0.5, 0.6) is 0 Å². The van der Waals surface area contributed by atoms with Gasteiger partial charge in [-0.15, -0.1) is 0 Å². The summed E-state index contributed by atoms with van der Waals surface area (Å²) in [7, 11) is 0. The van der Waals surface area contributed by atoms with Gasteiger partial charge in [-0.3, -0.25) is 9.78 Å². The van der Waals surface area contributed by atoms with Crippen LogP contribution in [0.2, 0.25) is 0 Å². The molecule has 2 aromatic heterocycles. The molecule has 1 aliphatic heterocycles. The predicted molar refractivity (Wildman–Crippen MR) is 141 cm³/mol. The number of benzene rings is 2. The lowest BCUT2D eigenvalue weighted by Crippen LogP contribution is -2.52. The molecule has 1 saturated heterocycles. The number of fused-ring (bicyclic) bond motifs is 1. The van der Waals surface area contributed by atoms with Crippen LogP contribution in [0.1, 0.15) is 5.69 Å². The minimum atomic E-state index is -0.620. The zero-order valence-electron chi connectivity index (χ0n) is 19.7. The van der Waals surface area contributed by atoms with Crippen molar-refractivity contribution in [1.29, 1.82) is 0 Å². The number of carbonyl (C=O) groups excluding carboxylic acids is 1. The first kappa shape index (κ1) is 23.6. The maximum atomic E-state index is 11.7. The van der Waals surface area contributed by atoms with Crippen LogP contribution < -0.4 is 21.7 Å². The van der Waals surface area contributed by atoms with E-state index >= 15 is 0 Å². The third kappa shape index (κ3) is 4.80. The molecule has 3 heterocycles. The van der Waals surface area contributed by atoms with E-state index in [4.69, 9.17) is 15.5 Å².